The van der Waals surface area contributed by atoms with Crippen molar-refractivity contribution >= 4 is 58.7 Å². The SMILES string of the molecule is Brc1ccc2c(c1)-c1ccccc1C2.Brc1cccc(-c2nc(-c3ccccc3)nc(-c3ccccc3)n2)c1.CC1(C)OB(CB2OC(C)(C)C(C)(C)O2)OC1(C)C.CC1(C)OB(c2cccc(-c3nc(-c4ccccc4)nc(-c4ccccc4)n3)c2)OC1(C)C.F.c1ccc(-c2nc(-c3ccccc3)nc(-c3cccc(-c4ccc5c(c4)-c4ccccc4C5)c3)n2)cc1. The summed E-state index contributed by atoms with van der Waals surface area (Å²) in [4.78, 5) is 43.1. The van der Waals surface area contributed by atoms with E-state index in [4.69, 9.17) is 67.8 Å². The summed E-state index contributed by atoms with van der Waals surface area (Å²) in [6.45, 7) is 24.6. The smallest absolute Gasteiger partial charge is 0.404 e. The number of benzene rings is 13. The van der Waals surface area contributed by atoms with Crippen molar-refractivity contribution < 1.29 is 32.6 Å². The van der Waals surface area contributed by atoms with Crippen LogP contribution in [-0.2, 0) is 40.8 Å². The molecule has 6 heterocycles. The van der Waals surface area contributed by atoms with Gasteiger partial charge in [0, 0.05) is 65.2 Å². The van der Waals surface area contributed by atoms with Crippen LogP contribution in [-0.4, -0.2) is 99.8 Å². The Morgan fingerprint density at radius 1 is 0.225 bits per heavy atom. The van der Waals surface area contributed by atoms with Gasteiger partial charge in [0.05, 0.1) is 33.6 Å². The Hall–Kier alpha value is -12.3. The van der Waals surface area contributed by atoms with Gasteiger partial charge in [-0.05, 0) is 193 Å². The number of aromatic nitrogens is 9. The van der Waals surface area contributed by atoms with Crippen molar-refractivity contribution in [2.75, 3.05) is 0 Å². The fourth-order valence-electron chi connectivity index (χ4n) is 15.8. The van der Waals surface area contributed by atoms with Crippen LogP contribution in [0.1, 0.15) is 105 Å². The molecule has 21 rings (SSSR count). The van der Waals surface area contributed by atoms with Gasteiger partial charge in [0.15, 0.2) is 52.4 Å². The molecular weight excluding hydrogens is 1730 g/mol. The van der Waals surface area contributed by atoms with Crippen LogP contribution < -0.4 is 5.46 Å². The third kappa shape index (κ3) is 20.4. The van der Waals surface area contributed by atoms with E-state index in [0.717, 1.165) is 82.9 Å². The average molecular weight is 1830 g/mol. The minimum Gasteiger partial charge on any atom is -0.404 e. The molecule has 3 fully saturated rings. The van der Waals surface area contributed by atoms with E-state index in [1.807, 2.05) is 231 Å². The van der Waals surface area contributed by atoms with Crippen LogP contribution in [0.25, 0.3) is 136 Å². The van der Waals surface area contributed by atoms with Crippen LogP contribution in [0.15, 0.2) is 349 Å². The maximum Gasteiger partial charge on any atom is 0.494 e. The fraction of sp³-hybridized carbons (Fsp3) is 0.194. The van der Waals surface area contributed by atoms with Gasteiger partial charge in [-0.25, -0.2) is 44.9 Å². The molecule has 5 aliphatic rings. The topological polar surface area (TPSA) is 171 Å². The van der Waals surface area contributed by atoms with Crippen molar-refractivity contribution in [2.24, 2.45) is 0 Å². The minimum absolute atomic E-state index is 0. The van der Waals surface area contributed by atoms with Crippen LogP contribution >= 0.6 is 31.9 Å². The Kier molecular flexibility index (Phi) is 26.7. The average Bonchev–Trinajstić information content (AvgIpc) is 1.65. The number of rotatable bonds is 13. The zero-order chi connectivity index (χ0) is 89.0. The van der Waals surface area contributed by atoms with E-state index in [2.05, 4.69) is 229 Å². The van der Waals surface area contributed by atoms with Crippen molar-refractivity contribution in [3.8, 4) is 136 Å². The van der Waals surface area contributed by atoms with Crippen LogP contribution in [0, 0.1) is 0 Å². The largest absolute Gasteiger partial charge is 0.494 e. The first-order valence-electron chi connectivity index (χ1n) is 43.4. The van der Waals surface area contributed by atoms with E-state index in [1.165, 1.54) is 50.1 Å². The molecule has 0 spiro atoms. The second kappa shape index (κ2) is 38.2. The standard InChI is InChI=1S/C34H23N3.C27H26BN3O2.C21H14BrN3.C13H26B2O4.C13H9Br.FH/c1-3-10-23(11-4-1)32-35-33(24-12-5-2-6-13-24)37-34(36-32)29-16-9-15-25(20-29)26-18-19-28-21-27-14-7-8-17-30(27)31(28)22-26;1-26(2)27(3,4)33-28(32-26)22-17-11-16-21(18-22)25-30-23(19-12-7-5-8-13-19)29-24(31-25)20-14-9-6-10-15-20;22-18-13-7-12-17(14-18)21-24-19(15-8-3-1-4-9-15)23-20(25-21)16-10-5-2-6-11-16;1-10(2)11(3,4)17-14(16-10)9-15-18-12(5,6)13(7,8)19-15;14-11-6-5-10-7-9-3-1-2-4-12(9)13(10)8-11;/h1-20,22H,21H2;5-18H,1-4H3;1-14H;9H2,1-8H3;1-6,8H,7H2;1H. The van der Waals surface area contributed by atoms with Crippen LogP contribution in [0.4, 0.5) is 4.70 Å². The monoisotopic (exact) mass is 1830 g/mol. The molecule has 3 saturated heterocycles. The van der Waals surface area contributed by atoms with Crippen LogP contribution in [0.2, 0.25) is 6.22 Å². The molecular formula is C108H99B3Br2FN9O6. The van der Waals surface area contributed by atoms with Gasteiger partial charge in [-0.15, -0.1) is 0 Å². The molecule has 21 heteroatoms. The second-order valence-corrected chi connectivity index (χ2v) is 37.2. The van der Waals surface area contributed by atoms with Gasteiger partial charge in [0.25, 0.3) is 0 Å². The number of hydrogen-bond acceptors (Lipinski definition) is 15. The molecule has 3 aliphatic heterocycles. The van der Waals surface area contributed by atoms with E-state index in [1.54, 1.807) is 0 Å². The van der Waals surface area contributed by atoms with Gasteiger partial charge in [-0.3, -0.25) is 4.70 Å². The van der Waals surface area contributed by atoms with E-state index in [0.29, 0.717) is 58.6 Å². The fourth-order valence-corrected chi connectivity index (χ4v) is 16.5. The van der Waals surface area contributed by atoms with E-state index in [-0.39, 0.29) is 41.3 Å². The normalized spacial score (nSPS) is 15.6. The van der Waals surface area contributed by atoms with Crippen molar-refractivity contribution in [3.05, 3.63) is 371 Å². The first kappa shape index (κ1) is 90.1. The predicted octanol–water partition coefficient (Wildman–Crippen LogP) is 25.8. The Bertz CT molecular complexity index is 6400. The number of fused-ring (bicyclic) bond motifs is 6. The van der Waals surface area contributed by atoms with Crippen molar-refractivity contribution in [1.29, 1.82) is 0 Å². The summed E-state index contributed by atoms with van der Waals surface area (Å²) in [5.74, 6) is 5.90. The lowest BCUT2D eigenvalue weighted by atomic mass is 9.64. The molecule has 129 heavy (non-hydrogen) atoms. The molecule has 15 nitrogen and oxygen atoms in total. The van der Waals surface area contributed by atoms with E-state index >= 15 is 0 Å². The molecule has 0 unspecified atom stereocenters. The van der Waals surface area contributed by atoms with Crippen molar-refractivity contribution in [2.45, 2.75) is 136 Å². The lowest BCUT2D eigenvalue weighted by Crippen LogP contribution is -2.41. The third-order valence-corrected chi connectivity index (χ3v) is 25.8. The highest BCUT2D eigenvalue weighted by molar-refractivity contribution is 9.10. The molecule has 0 radical (unpaired) electrons. The van der Waals surface area contributed by atoms with Crippen molar-refractivity contribution in [3.63, 3.8) is 0 Å². The van der Waals surface area contributed by atoms with Crippen molar-refractivity contribution in [1.82, 2.24) is 44.9 Å². The Labute approximate surface area is 773 Å². The highest BCUT2D eigenvalue weighted by Gasteiger charge is 2.57. The molecule has 3 aromatic heterocycles. The highest BCUT2D eigenvalue weighted by Crippen LogP contribution is 2.45. The maximum absolute atomic E-state index is 6.25. The molecule has 0 bridgehead atoms. The lowest BCUT2D eigenvalue weighted by Gasteiger charge is -2.32. The number of nitrogens with zero attached hydrogens (tertiary/aromatic N) is 9. The minimum atomic E-state index is -0.445. The summed E-state index contributed by atoms with van der Waals surface area (Å²) in [6, 6.07) is 115. The van der Waals surface area contributed by atoms with Crippen LogP contribution in [0.3, 0.4) is 0 Å². The maximum atomic E-state index is 6.25. The van der Waals surface area contributed by atoms with E-state index in [9.17, 15) is 0 Å². The van der Waals surface area contributed by atoms with Gasteiger partial charge in [-0.2, -0.15) is 0 Å². The summed E-state index contributed by atoms with van der Waals surface area (Å²) in [5, 5.41) is 0. The summed E-state index contributed by atoms with van der Waals surface area (Å²) < 4.78 is 38.6. The zero-order valence-corrected chi connectivity index (χ0v) is 77.5. The first-order valence-corrected chi connectivity index (χ1v) is 45.0. The number of halogens is 3. The highest BCUT2D eigenvalue weighted by atomic mass is 79.9. The van der Waals surface area contributed by atoms with Gasteiger partial charge < -0.3 is 27.9 Å². The molecule has 0 N–H and O–H groups in total. The predicted molar refractivity (Wildman–Crippen MR) is 527 cm³/mol. The molecule has 16 aromatic rings. The molecule has 0 saturated carbocycles. The second-order valence-electron chi connectivity index (χ2n) is 35.4. The Morgan fingerprint density at radius 3 is 0.845 bits per heavy atom. The summed E-state index contributed by atoms with van der Waals surface area (Å²) >= 11 is 7.03. The van der Waals surface area contributed by atoms with Gasteiger partial charge in [0.2, 0.25) is 0 Å². The van der Waals surface area contributed by atoms with Gasteiger partial charge >= 0.3 is 21.4 Å². The molecule has 2 aliphatic carbocycles. The first-order chi connectivity index (χ1) is 61.6. The Morgan fingerprint density at radius 2 is 0.481 bits per heavy atom. The van der Waals surface area contributed by atoms with Gasteiger partial charge in [-0.1, -0.05) is 335 Å². The van der Waals surface area contributed by atoms with E-state index < -0.39 is 18.3 Å². The number of hydrogen-bond donors (Lipinski definition) is 0. The zero-order valence-electron chi connectivity index (χ0n) is 74.3. The summed E-state index contributed by atoms with van der Waals surface area (Å²) in [5.41, 5.74) is 21.0. The van der Waals surface area contributed by atoms with Crippen LogP contribution in [0.5, 0.6) is 0 Å². The molecule has 0 amide bonds. The lowest BCUT2D eigenvalue weighted by molar-refractivity contribution is 0.00578. The molecule has 13 aromatic carbocycles. The van der Waals surface area contributed by atoms with Gasteiger partial charge in [0.1, 0.15) is 0 Å². The molecule has 0 atom stereocenters. The summed E-state index contributed by atoms with van der Waals surface area (Å²) in [6.07, 6.45) is 2.68. The third-order valence-electron chi connectivity index (χ3n) is 24.9. The molecule has 642 valence electrons. The summed E-state index contributed by atoms with van der Waals surface area (Å²) in [7, 11) is -1.00. The quantitative estimate of drug-likeness (QED) is 0.0998. The Balaban J connectivity index is 0.000000122.